The molecule has 19 heavy (non-hydrogen) atoms. The molecule has 3 heteroatoms. The molecule has 0 amide bonds. The average molecular weight is 256 g/mol. The Bertz CT molecular complexity index is 573. The zero-order valence-electron chi connectivity index (χ0n) is 11.5. The standard InChI is InChI=1S/C16H20N2O/c1-15(2)10-6-11-16(15,19)14-9-12-17-18(14)13-7-4-3-5-8-13/h3-5,7-9,12,19H,6,10-11H2,1-2H3. The first-order valence-electron chi connectivity index (χ1n) is 6.87. The predicted molar refractivity (Wildman–Crippen MR) is 75.1 cm³/mol. The van der Waals surface area contributed by atoms with Gasteiger partial charge >= 0.3 is 0 Å². The van der Waals surface area contributed by atoms with Gasteiger partial charge in [-0.05, 0) is 42.9 Å². The van der Waals surface area contributed by atoms with Gasteiger partial charge in [-0.3, -0.25) is 0 Å². The second-order valence-corrected chi connectivity index (χ2v) is 6.06. The monoisotopic (exact) mass is 256 g/mol. The largest absolute Gasteiger partial charge is 0.383 e. The first-order valence-corrected chi connectivity index (χ1v) is 6.87. The minimum absolute atomic E-state index is 0.112. The number of aliphatic hydroxyl groups is 1. The summed E-state index contributed by atoms with van der Waals surface area (Å²) in [7, 11) is 0. The molecule has 1 aliphatic rings. The van der Waals surface area contributed by atoms with Crippen molar-refractivity contribution in [3.8, 4) is 5.69 Å². The van der Waals surface area contributed by atoms with Crippen LogP contribution in [0.3, 0.4) is 0 Å². The van der Waals surface area contributed by atoms with E-state index >= 15 is 0 Å². The molecule has 0 spiro atoms. The van der Waals surface area contributed by atoms with Gasteiger partial charge in [0.2, 0.25) is 0 Å². The van der Waals surface area contributed by atoms with Gasteiger partial charge in [0, 0.05) is 6.20 Å². The SMILES string of the molecule is CC1(C)CCCC1(O)c1ccnn1-c1ccccc1. The van der Waals surface area contributed by atoms with Crippen molar-refractivity contribution >= 4 is 0 Å². The van der Waals surface area contributed by atoms with Crippen molar-refractivity contribution in [3.05, 3.63) is 48.3 Å². The fraction of sp³-hybridized carbons (Fsp3) is 0.438. The highest BCUT2D eigenvalue weighted by molar-refractivity contribution is 5.35. The topological polar surface area (TPSA) is 38.1 Å². The smallest absolute Gasteiger partial charge is 0.112 e. The van der Waals surface area contributed by atoms with Crippen LogP contribution in [-0.4, -0.2) is 14.9 Å². The Hall–Kier alpha value is -1.61. The molecule has 1 atom stereocenters. The van der Waals surface area contributed by atoms with Crippen LogP contribution in [0.25, 0.3) is 5.69 Å². The number of hydrogen-bond donors (Lipinski definition) is 1. The first kappa shape index (κ1) is 12.4. The van der Waals surface area contributed by atoms with Gasteiger partial charge in [0.1, 0.15) is 5.60 Å². The summed E-state index contributed by atoms with van der Waals surface area (Å²) in [5.74, 6) is 0. The lowest BCUT2D eigenvalue weighted by molar-refractivity contribution is -0.0540. The van der Waals surface area contributed by atoms with Crippen molar-refractivity contribution in [1.29, 1.82) is 0 Å². The third kappa shape index (κ3) is 1.80. The molecular formula is C16H20N2O. The lowest BCUT2D eigenvalue weighted by atomic mass is 9.75. The minimum Gasteiger partial charge on any atom is -0.383 e. The van der Waals surface area contributed by atoms with Crippen LogP contribution in [0.15, 0.2) is 42.6 Å². The van der Waals surface area contributed by atoms with Crippen molar-refractivity contribution in [3.63, 3.8) is 0 Å². The van der Waals surface area contributed by atoms with Crippen LogP contribution >= 0.6 is 0 Å². The average Bonchev–Trinajstić information content (AvgIpc) is 2.97. The van der Waals surface area contributed by atoms with E-state index in [-0.39, 0.29) is 5.41 Å². The van der Waals surface area contributed by atoms with E-state index in [9.17, 15) is 5.11 Å². The second kappa shape index (κ2) is 4.20. The maximum atomic E-state index is 11.2. The van der Waals surface area contributed by atoms with Crippen LogP contribution < -0.4 is 0 Å². The number of hydrogen-bond acceptors (Lipinski definition) is 2. The number of para-hydroxylation sites is 1. The van der Waals surface area contributed by atoms with E-state index in [1.807, 2.05) is 41.1 Å². The molecule has 2 aromatic rings. The molecule has 1 saturated carbocycles. The van der Waals surface area contributed by atoms with Crippen LogP contribution in [0.1, 0.15) is 38.8 Å². The van der Waals surface area contributed by atoms with Crippen molar-refractivity contribution < 1.29 is 5.11 Å². The summed E-state index contributed by atoms with van der Waals surface area (Å²) in [5, 5.41) is 15.6. The molecule has 0 saturated heterocycles. The summed E-state index contributed by atoms with van der Waals surface area (Å²) in [5.41, 5.74) is 0.999. The van der Waals surface area contributed by atoms with E-state index in [1.165, 1.54) is 0 Å². The third-order valence-corrected chi connectivity index (χ3v) is 4.53. The van der Waals surface area contributed by atoms with Crippen molar-refractivity contribution in [2.45, 2.75) is 38.7 Å². The number of benzene rings is 1. The Balaban J connectivity index is 2.11. The molecule has 1 aromatic heterocycles. The molecule has 100 valence electrons. The van der Waals surface area contributed by atoms with Crippen molar-refractivity contribution in [2.24, 2.45) is 5.41 Å². The van der Waals surface area contributed by atoms with Gasteiger partial charge in [0.15, 0.2) is 0 Å². The summed E-state index contributed by atoms with van der Waals surface area (Å²) < 4.78 is 1.87. The molecule has 0 aliphatic heterocycles. The van der Waals surface area contributed by atoms with Gasteiger partial charge in [0.25, 0.3) is 0 Å². The normalized spacial score (nSPS) is 25.6. The molecule has 0 bridgehead atoms. The summed E-state index contributed by atoms with van der Waals surface area (Å²) in [6, 6.07) is 11.9. The summed E-state index contributed by atoms with van der Waals surface area (Å²) >= 11 is 0. The molecule has 1 unspecified atom stereocenters. The van der Waals surface area contributed by atoms with Crippen LogP contribution in [0.4, 0.5) is 0 Å². The van der Waals surface area contributed by atoms with Crippen LogP contribution in [0.5, 0.6) is 0 Å². The summed E-state index contributed by atoms with van der Waals surface area (Å²) in [6.07, 6.45) is 4.68. The fourth-order valence-corrected chi connectivity index (χ4v) is 3.20. The number of rotatable bonds is 2. The summed E-state index contributed by atoms with van der Waals surface area (Å²) in [6.45, 7) is 4.28. The molecule has 1 fully saturated rings. The van der Waals surface area contributed by atoms with E-state index in [0.29, 0.717) is 0 Å². The fourth-order valence-electron chi connectivity index (χ4n) is 3.20. The molecule has 3 rings (SSSR count). The highest BCUT2D eigenvalue weighted by Gasteiger charge is 2.50. The van der Waals surface area contributed by atoms with E-state index in [0.717, 1.165) is 30.6 Å². The molecule has 1 aromatic carbocycles. The Labute approximate surface area is 113 Å². The Morgan fingerprint density at radius 1 is 1.11 bits per heavy atom. The molecule has 1 heterocycles. The zero-order chi connectivity index (χ0) is 13.5. The maximum absolute atomic E-state index is 11.2. The van der Waals surface area contributed by atoms with Gasteiger partial charge in [-0.2, -0.15) is 5.10 Å². The van der Waals surface area contributed by atoms with Crippen LogP contribution in [-0.2, 0) is 5.60 Å². The second-order valence-electron chi connectivity index (χ2n) is 6.06. The Kier molecular flexibility index (Phi) is 2.75. The molecule has 3 nitrogen and oxygen atoms in total. The zero-order valence-corrected chi connectivity index (χ0v) is 11.5. The first-order chi connectivity index (χ1) is 9.05. The van der Waals surface area contributed by atoms with Crippen molar-refractivity contribution in [1.82, 2.24) is 9.78 Å². The number of aromatic nitrogens is 2. The highest BCUT2D eigenvalue weighted by Crippen LogP contribution is 2.52. The molecule has 0 radical (unpaired) electrons. The molecule has 1 N–H and O–H groups in total. The molecular weight excluding hydrogens is 236 g/mol. The Morgan fingerprint density at radius 3 is 2.47 bits per heavy atom. The number of nitrogens with zero attached hydrogens (tertiary/aromatic N) is 2. The van der Waals surface area contributed by atoms with Gasteiger partial charge in [-0.1, -0.05) is 32.0 Å². The lowest BCUT2D eigenvalue weighted by Crippen LogP contribution is -2.38. The van der Waals surface area contributed by atoms with Gasteiger partial charge in [-0.15, -0.1) is 0 Å². The maximum Gasteiger partial charge on any atom is 0.112 e. The van der Waals surface area contributed by atoms with Gasteiger partial charge < -0.3 is 5.11 Å². The molecule has 1 aliphatic carbocycles. The van der Waals surface area contributed by atoms with Crippen molar-refractivity contribution in [2.75, 3.05) is 0 Å². The van der Waals surface area contributed by atoms with E-state index < -0.39 is 5.60 Å². The van der Waals surface area contributed by atoms with E-state index in [1.54, 1.807) is 6.20 Å². The predicted octanol–water partition coefficient (Wildman–Crippen LogP) is 3.27. The van der Waals surface area contributed by atoms with E-state index in [4.69, 9.17) is 0 Å². The van der Waals surface area contributed by atoms with Crippen LogP contribution in [0, 0.1) is 5.41 Å². The van der Waals surface area contributed by atoms with E-state index in [2.05, 4.69) is 18.9 Å². The Morgan fingerprint density at radius 2 is 1.84 bits per heavy atom. The highest BCUT2D eigenvalue weighted by atomic mass is 16.3. The van der Waals surface area contributed by atoms with Crippen LogP contribution in [0.2, 0.25) is 0 Å². The quantitative estimate of drug-likeness (QED) is 0.895. The lowest BCUT2D eigenvalue weighted by Gasteiger charge is -2.37. The van der Waals surface area contributed by atoms with Gasteiger partial charge in [-0.25, -0.2) is 4.68 Å². The minimum atomic E-state index is -0.792. The van der Waals surface area contributed by atoms with Gasteiger partial charge in [0.05, 0.1) is 11.4 Å². The summed E-state index contributed by atoms with van der Waals surface area (Å²) in [4.78, 5) is 0. The third-order valence-electron chi connectivity index (χ3n) is 4.53.